The topological polar surface area (TPSA) is 166 Å². The lowest BCUT2D eigenvalue weighted by molar-refractivity contribution is -0.141. The van der Waals surface area contributed by atoms with E-state index in [1.165, 1.54) is 0 Å². The van der Waals surface area contributed by atoms with Crippen LogP contribution in [0.15, 0.2) is 30.5 Å². The van der Waals surface area contributed by atoms with Crippen molar-refractivity contribution in [3.8, 4) is 0 Å². The number of para-hydroxylation sites is 1. The molecule has 37 heavy (non-hydrogen) atoms. The Labute approximate surface area is 226 Å². The van der Waals surface area contributed by atoms with Crippen LogP contribution < -0.4 is 21.7 Å². The fraction of sp³-hybridized carbons (Fsp3) is 0.520. The Kier molecular flexibility index (Phi) is 12.3. The zero-order valence-corrected chi connectivity index (χ0v) is 23.0. The van der Waals surface area contributed by atoms with Crippen molar-refractivity contribution in [2.45, 2.75) is 57.3 Å². The molecule has 0 saturated carbocycles. The van der Waals surface area contributed by atoms with Gasteiger partial charge in [0.25, 0.3) is 0 Å². The van der Waals surface area contributed by atoms with Gasteiger partial charge in [0.05, 0.1) is 6.04 Å². The first-order chi connectivity index (χ1) is 17.6. The molecule has 4 unspecified atom stereocenters. The predicted molar refractivity (Wildman–Crippen MR) is 150 cm³/mol. The molecule has 10 nitrogen and oxygen atoms in total. The van der Waals surface area contributed by atoms with Crippen molar-refractivity contribution in [1.82, 2.24) is 20.9 Å². The number of thioether (sulfide) groups is 1. The van der Waals surface area contributed by atoms with Crippen LogP contribution in [0.3, 0.4) is 0 Å². The van der Waals surface area contributed by atoms with E-state index in [0.29, 0.717) is 12.2 Å². The van der Waals surface area contributed by atoms with Gasteiger partial charge >= 0.3 is 5.97 Å². The van der Waals surface area contributed by atoms with Crippen LogP contribution in [0.4, 0.5) is 0 Å². The summed E-state index contributed by atoms with van der Waals surface area (Å²) in [7, 11) is 0. The molecule has 204 valence electrons. The normalized spacial score (nSPS) is 14.5. The first kappa shape index (κ1) is 30.5. The van der Waals surface area contributed by atoms with Gasteiger partial charge in [-0.2, -0.15) is 24.4 Å². The van der Waals surface area contributed by atoms with Crippen molar-refractivity contribution < 1.29 is 24.3 Å². The van der Waals surface area contributed by atoms with Crippen LogP contribution in [0.5, 0.6) is 0 Å². The maximum Gasteiger partial charge on any atom is 0.327 e. The first-order valence-corrected chi connectivity index (χ1v) is 14.1. The van der Waals surface area contributed by atoms with Gasteiger partial charge in [0.15, 0.2) is 0 Å². The molecule has 0 fully saturated rings. The summed E-state index contributed by atoms with van der Waals surface area (Å²) in [6.07, 6.45) is 4.60. The first-order valence-electron chi connectivity index (χ1n) is 12.1. The van der Waals surface area contributed by atoms with Crippen molar-refractivity contribution in [2.24, 2.45) is 11.7 Å². The highest BCUT2D eigenvalue weighted by molar-refractivity contribution is 7.98. The zero-order chi connectivity index (χ0) is 27.5. The summed E-state index contributed by atoms with van der Waals surface area (Å²) in [5.41, 5.74) is 7.75. The summed E-state index contributed by atoms with van der Waals surface area (Å²) in [4.78, 5) is 53.7. The van der Waals surface area contributed by atoms with Crippen LogP contribution in [-0.2, 0) is 25.6 Å². The Balaban J connectivity index is 2.28. The van der Waals surface area contributed by atoms with Gasteiger partial charge in [-0.25, -0.2) is 4.79 Å². The highest BCUT2D eigenvalue weighted by Crippen LogP contribution is 2.19. The van der Waals surface area contributed by atoms with Crippen molar-refractivity contribution in [3.63, 3.8) is 0 Å². The van der Waals surface area contributed by atoms with Crippen LogP contribution in [0.1, 0.15) is 32.3 Å². The number of rotatable bonds is 15. The molecule has 3 amide bonds. The molecule has 0 aliphatic heterocycles. The van der Waals surface area contributed by atoms with Gasteiger partial charge in [-0.3, -0.25) is 14.4 Å². The summed E-state index contributed by atoms with van der Waals surface area (Å²) in [6, 6.07) is 3.62. The Morgan fingerprint density at radius 2 is 1.65 bits per heavy atom. The molecular formula is C25H37N5O5S2. The predicted octanol–water partition coefficient (Wildman–Crippen LogP) is 1.31. The number of carbonyl (C=O) groups excluding carboxylic acids is 3. The van der Waals surface area contributed by atoms with Crippen molar-refractivity contribution in [3.05, 3.63) is 36.0 Å². The third kappa shape index (κ3) is 9.28. The molecule has 0 aliphatic carbocycles. The Morgan fingerprint density at radius 3 is 2.27 bits per heavy atom. The molecule has 0 radical (unpaired) electrons. The number of carboxylic acids is 1. The molecule has 1 heterocycles. The van der Waals surface area contributed by atoms with E-state index < -0.39 is 47.9 Å². The molecule has 0 aliphatic rings. The number of hydrogen-bond donors (Lipinski definition) is 7. The van der Waals surface area contributed by atoms with Gasteiger partial charge in [-0.05, 0) is 42.4 Å². The van der Waals surface area contributed by atoms with Gasteiger partial charge < -0.3 is 31.8 Å². The van der Waals surface area contributed by atoms with E-state index in [1.54, 1.807) is 18.0 Å². The molecule has 0 spiro atoms. The minimum absolute atomic E-state index is 0.0250. The number of benzene rings is 1. The summed E-state index contributed by atoms with van der Waals surface area (Å²) in [5, 5.41) is 18.1. The van der Waals surface area contributed by atoms with Gasteiger partial charge in [0, 0.05) is 29.3 Å². The molecule has 4 atom stereocenters. The summed E-state index contributed by atoms with van der Waals surface area (Å²) in [5.74, 6) is -2.25. The monoisotopic (exact) mass is 551 g/mol. The van der Waals surface area contributed by atoms with Crippen molar-refractivity contribution >= 4 is 59.0 Å². The molecule has 0 bridgehead atoms. The number of H-pyrrole nitrogens is 1. The molecule has 7 N–H and O–H groups in total. The quantitative estimate of drug-likeness (QED) is 0.164. The van der Waals surface area contributed by atoms with Crippen molar-refractivity contribution in [2.75, 3.05) is 17.8 Å². The van der Waals surface area contributed by atoms with E-state index in [9.17, 15) is 24.3 Å². The maximum absolute atomic E-state index is 13.5. The Hall–Kier alpha value is -2.70. The number of amides is 3. The van der Waals surface area contributed by atoms with Gasteiger partial charge in [-0.15, -0.1) is 0 Å². The van der Waals surface area contributed by atoms with Gasteiger partial charge in [0.2, 0.25) is 17.7 Å². The van der Waals surface area contributed by atoms with E-state index in [4.69, 9.17) is 5.73 Å². The number of thiol groups is 1. The Bertz CT molecular complexity index is 1080. The number of aromatic nitrogens is 1. The molecule has 0 saturated heterocycles. The fourth-order valence-electron chi connectivity index (χ4n) is 3.82. The third-order valence-electron chi connectivity index (χ3n) is 5.84. The summed E-state index contributed by atoms with van der Waals surface area (Å²) in [6.45, 7) is 3.77. The zero-order valence-electron chi connectivity index (χ0n) is 21.3. The van der Waals surface area contributed by atoms with Gasteiger partial charge in [-0.1, -0.05) is 32.0 Å². The van der Waals surface area contributed by atoms with Crippen molar-refractivity contribution in [1.29, 1.82) is 0 Å². The number of nitrogens with two attached hydrogens (primary N) is 1. The lowest BCUT2D eigenvalue weighted by atomic mass is 10.00. The number of aromatic amines is 1. The summed E-state index contributed by atoms with van der Waals surface area (Å²) < 4.78 is 0. The Morgan fingerprint density at radius 1 is 1.03 bits per heavy atom. The highest BCUT2D eigenvalue weighted by atomic mass is 32.2. The maximum atomic E-state index is 13.5. The van der Waals surface area contributed by atoms with Crippen LogP contribution in [0.2, 0.25) is 0 Å². The number of aliphatic carboxylic acids is 1. The lowest BCUT2D eigenvalue weighted by Crippen LogP contribution is -2.58. The number of carbonyl (C=O) groups is 4. The minimum Gasteiger partial charge on any atom is -0.480 e. The second kappa shape index (κ2) is 14.9. The van der Waals surface area contributed by atoms with E-state index in [2.05, 4.69) is 33.6 Å². The average molecular weight is 552 g/mol. The SMILES string of the molecule is CSCCC(N)C(=O)NC(Cc1c[nH]c2ccccc12)C(=O)NC(CC(C)C)C(=O)NC(CS)C(=O)O. The number of hydrogen-bond acceptors (Lipinski definition) is 7. The van der Waals surface area contributed by atoms with Crippen LogP contribution in [0.25, 0.3) is 10.9 Å². The van der Waals surface area contributed by atoms with E-state index in [1.807, 2.05) is 44.4 Å². The third-order valence-corrected chi connectivity index (χ3v) is 6.85. The molecule has 2 rings (SSSR count). The van der Waals surface area contributed by atoms with E-state index >= 15 is 0 Å². The minimum atomic E-state index is -1.22. The van der Waals surface area contributed by atoms with Crippen LogP contribution in [0, 0.1) is 5.92 Å². The largest absolute Gasteiger partial charge is 0.480 e. The molecule has 2 aromatic rings. The standard InChI is InChI=1S/C25H37N5O5S2/c1-14(2)10-19(23(32)30-21(13-36)25(34)35)29-24(33)20(28-22(31)17(26)8-9-37-3)11-15-12-27-18-7-5-4-6-16(15)18/h4-7,12,14,17,19-21,27,36H,8-11,13,26H2,1-3H3,(H,28,31)(H,29,33)(H,30,32)(H,34,35). The number of nitrogens with one attached hydrogen (secondary N) is 4. The smallest absolute Gasteiger partial charge is 0.327 e. The second-order valence-electron chi connectivity index (χ2n) is 9.29. The second-order valence-corrected chi connectivity index (χ2v) is 10.6. The summed E-state index contributed by atoms with van der Waals surface area (Å²) >= 11 is 5.55. The molecule has 12 heteroatoms. The average Bonchev–Trinajstić information content (AvgIpc) is 3.26. The highest BCUT2D eigenvalue weighted by Gasteiger charge is 2.31. The van der Waals surface area contributed by atoms with Gasteiger partial charge in [0.1, 0.15) is 18.1 Å². The number of carboxylic acid groups (broad SMARTS) is 1. The van der Waals surface area contributed by atoms with E-state index in [-0.39, 0.29) is 24.5 Å². The van der Waals surface area contributed by atoms with Crippen LogP contribution in [-0.4, -0.2) is 75.7 Å². The fourth-order valence-corrected chi connectivity index (χ4v) is 4.55. The number of fused-ring (bicyclic) bond motifs is 1. The molecule has 1 aromatic carbocycles. The lowest BCUT2D eigenvalue weighted by Gasteiger charge is -2.26. The molecular weight excluding hydrogens is 514 g/mol. The molecule has 1 aromatic heterocycles. The van der Waals surface area contributed by atoms with Crippen LogP contribution >= 0.6 is 24.4 Å². The van der Waals surface area contributed by atoms with E-state index in [0.717, 1.165) is 16.5 Å².